The monoisotopic (exact) mass is 228 g/mol. The summed E-state index contributed by atoms with van der Waals surface area (Å²) >= 11 is 0. The highest BCUT2D eigenvalue weighted by atomic mass is 16.2. The number of likely N-dealkylation sites (N-methyl/N-ethyl adjacent to an activating group) is 1. The van der Waals surface area contributed by atoms with Gasteiger partial charge in [-0.2, -0.15) is 0 Å². The molecule has 0 spiro atoms. The minimum absolute atomic E-state index is 0.303. The van der Waals surface area contributed by atoms with Crippen LogP contribution in [0.2, 0.25) is 0 Å². The Morgan fingerprint density at radius 2 is 1.75 bits per heavy atom. The van der Waals surface area contributed by atoms with Gasteiger partial charge in [0.05, 0.1) is 0 Å². The Kier molecular flexibility index (Phi) is 6.32. The van der Waals surface area contributed by atoms with Crippen LogP contribution in [0.15, 0.2) is 0 Å². The number of nitrogens with zero attached hydrogens (tertiary/aromatic N) is 1. The van der Waals surface area contributed by atoms with Crippen LogP contribution in [0, 0.1) is 0 Å². The Bertz CT molecular complexity index is 179. The molecule has 3 N–H and O–H groups in total. The molecule has 0 atom stereocenters. The third kappa shape index (κ3) is 3.72. The number of nitrogens with two attached hydrogens (primary N) is 1. The molecule has 3 nitrogen and oxygen atoms in total. The highest BCUT2D eigenvalue weighted by molar-refractivity contribution is 4.94. The van der Waals surface area contributed by atoms with E-state index in [9.17, 15) is 0 Å². The fraction of sp³-hybridized carbons (Fsp3) is 1.00. The van der Waals surface area contributed by atoms with Gasteiger partial charge in [0, 0.05) is 18.7 Å². The standard InChI is InChI=1S/C13H28N2O/c1-15(10-6-2-3-7-11-16)13(12-14)8-4-5-9-13/h16H,2-12,14H2,1H3. The van der Waals surface area contributed by atoms with Crippen LogP contribution in [0.3, 0.4) is 0 Å². The molecule has 0 aliphatic heterocycles. The molecule has 0 aromatic carbocycles. The number of rotatable bonds is 8. The lowest BCUT2D eigenvalue weighted by Gasteiger charge is -2.38. The van der Waals surface area contributed by atoms with Crippen molar-refractivity contribution in [2.75, 3.05) is 26.7 Å². The summed E-state index contributed by atoms with van der Waals surface area (Å²) in [4.78, 5) is 2.49. The first kappa shape index (κ1) is 13.9. The predicted molar refractivity (Wildman–Crippen MR) is 68.4 cm³/mol. The molecule has 96 valence electrons. The predicted octanol–water partition coefficient (Wildman–Crippen LogP) is 1.74. The molecule has 0 aromatic heterocycles. The number of aliphatic hydroxyl groups is 1. The van der Waals surface area contributed by atoms with E-state index in [4.69, 9.17) is 10.8 Å². The normalized spacial score (nSPS) is 19.5. The molecule has 0 unspecified atom stereocenters. The van der Waals surface area contributed by atoms with Gasteiger partial charge in [-0.15, -0.1) is 0 Å². The van der Waals surface area contributed by atoms with Crippen molar-refractivity contribution in [1.82, 2.24) is 4.90 Å². The number of unbranched alkanes of at least 4 members (excludes halogenated alkanes) is 3. The van der Waals surface area contributed by atoms with Gasteiger partial charge >= 0.3 is 0 Å². The molecule has 0 heterocycles. The average molecular weight is 228 g/mol. The molecule has 1 aliphatic carbocycles. The van der Waals surface area contributed by atoms with Crippen molar-refractivity contribution in [3.8, 4) is 0 Å². The first-order chi connectivity index (χ1) is 7.75. The van der Waals surface area contributed by atoms with Crippen molar-refractivity contribution >= 4 is 0 Å². The van der Waals surface area contributed by atoms with Gasteiger partial charge in [0.1, 0.15) is 0 Å². The summed E-state index contributed by atoms with van der Waals surface area (Å²) in [5, 5.41) is 8.70. The van der Waals surface area contributed by atoms with E-state index in [1.807, 2.05) is 0 Å². The molecule has 16 heavy (non-hydrogen) atoms. The van der Waals surface area contributed by atoms with Crippen LogP contribution < -0.4 is 5.73 Å². The second-order valence-electron chi connectivity index (χ2n) is 5.19. The van der Waals surface area contributed by atoms with Gasteiger partial charge in [-0.1, -0.05) is 25.7 Å². The fourth-order valence-corrected chi connectivity index (χ4v) is 2.83. The van der Waals surface area contributed by atoms with E-state index in [2.05, 4.69) is 11.9 Å². The lowest BCUT2D eigenvalue weighted by Crippen LogP contribution is -2.50. The first-order valence-corrected chi connectivity index (χ1v) is 6.77. The third-order valence-electron chi connectivity index (χ3n) is 4.13. The molecule has 0 aromatic rings. The highest BCUT2D eigenvalue weighted by Crippen LogP contribution is 2.33. The van der Waals surface area contributed by atoms with Crippen LogP contribution in [0.5, 0.6) is 0 Å². The number of hydrogen-bond donors (Lipinski definition) is 2. The summed E-state index contributed by atoms with van der Waals surface area (Å²) in [5.74, 6) is 0. The summed E-state index contributed by atoms with van der Waals surface area (Å²) < 4.78 is 0. The van der Waals surface area contributed by atoms with E-state index in [0.717, 1.165) is 25.9 Å². The maximum atomic E-state index is 8.70. The Hall–Kier alpha value is -0.120. The van der Waals surface area contributed by atoms with E-state index in [1.54, 1.807) is 0 Å². The molecule has 0 saturated heterocycles. The number of hydrogen-bond acceptors (Lipinski definition) is 3. The second-order valence-corrected chi connectivity index (χ2v) is 5.19. The minimum Gasteiger partial charge on any atom is -0.396 e. The van der Waals surface area contributed by atoms with Crippen LogP contribution >= 0.6 is 0 Å². The zero-order valence-corrected chi connectivity index (χ0v) is 10.7. The van der Waals surface area contributed by atoms with Crippen molar-refractivity contribution in [2.45, 2.75) is 56.9 Å². The van der Waals surface area contributed by atoms with Gasteiger partial charge in [0.25, 0.3) is 0 Å². The summed E-state index contributed by atoms with van der Waals surface area (Å²) in [6.07, 6.45) is 9.79. The first-order valence-electron chi connectivity index (χ1n) is 6.77. The van der Waals surface area contributed by atoms with Crippen molar-refractivity contribution in [1.29, 1.82) is 0 Å². The quantitative estimate of drug-likeness (QED) is 0.622. The third-order valence-corrected chi connectivity index (χ3v) is 4.13. The molecular formula is C13H28N2O. The Morgan fingerprint density at radius 3 is 2.31 bits per heavy atom. The summed E-state index contributed by atoms with van der Waals surface area (Å²) in [5.41, 5.74) is 6.25. The van der Waals surface area contributed by atoms with Crippen molar-refractivity contribution in [3.63, 3.8) is 0 Å². The molecule has 1 aliphatic rings. The SMILES string of the molecule is CN(CCCCCCO)C1(CN)CCCC1. The molecule has 0 amide bonds. The lowest BCUT2D eigenvalue weighted by molar-refractivity contribution is 0.129. The van der Waals surface area contributed by atoms with E-state index in [-0.39, 0.29) is 0 Å². The van der Waals surface area contributed by atoms with Crippen LogP contribution in [0.25, 0.3) is 0 Å². The van der Waals surface area contributed by atoms with E-state index < -0.39 is 0 Å². The maximum absolute atomic E-state index is 8.70. The van der Waals surface area contributed by atoms with Gasteiger partial charge in [0.2, 0.25) is 0 Å². The molecule has 3 heteroatoms. The van der Waals surface area contributed by atoms with Crippen molar-refractivity contribution < 1.29 is 5.11 Å². The van der Waals surface area contributed by atoms with Crippen LogP contribution in [0.4, 0.5) is 0 Å². The molecular weight excluding hydrogens is 200 g/mol. The fourth-order valence-electron chi connectivity index (χ4n) is 2.83. The Balaban J connectivity index is 2.19. The Morgan fingerprint density at radius 1 is 1.12 bits per heavy atom. The number of aliphatic hydroxyl groups excluding tert-OH is 1. The van der Waals surface area contributed by atoms with Gasteiger partial charge in [0.15, 0.2) is 0 Å². The molecule has 0 radical (unpaired) electrons. The lowest BCUT2D eigenvalue weighted by atomic mass is 9.95. The highest BCUT2D eigenvalue weighted by Gasteiger charge is 2.35. The van der Waals surface area contributed by atoms with Crippen LogP contribution in [-0.4, -0.2) is 42.3 Å². The zero-order valence-electron chi connectivity index (χ0n) is 10.7. The maximum Gasteiger partial charge on any atom is 0.0431 e. The minimum atomic E-state index is 0.303. The van der Waals surface area contributed by atoms with Crippen LogP contribution in [0.1, 0.15) is 51.4 Å². The molecule has 1 rings (SSSR count). The van der Waals surface area contributed by atoms with E-state index in [1.165, 1.54) is 38.5 Å². The van der Waals surface area contributed by atoms with Crippen molar-refractivity contribution in [3.05, 3.63) is 0 Å². The summed E-state index contributed by atoms with van der Waals surface area (Å²) in [7, 11) is 2.23. The van der Waals surface area contributed by atoms with Gasteiger partial charge in [-0.05, 0) is 39.3 Å². The average Bonchev–Trinajstić information content (AvgIpc) is 2.78. The summed E-state index contributed by atoms with van der Waals surface area (Å²) in [6.45, 7) is 2.30. The smallest absolute Gasteiger partial charge is 0.0431 e. The second kappa shape index (κ2) is 7.25. The summed E-state index contributed by atoms with van der Waals surface area (Å²) in [6, 6.07) is 0. The van der Waals surface area contributed by atoms with E-state index in [0.29, 0.717) is 12.1 Å². The molecule has 1 saturated carbocycles. The van der Waals surface area contributed by atoms with Gasteiger partial charge < -0.3 is 10.8 Å². The molecule has 1 fully saturated rings. The Labute approximate surface area is 100 Å². The molecule has 0 bridgehead atoms. The van der Waals surface area contributed by atoms with Gasteiger partial charge in [-0.25, -0.2) is 0 Å². The topological polar surface area (TPSA) is 49.5 Å². The van der Waals surface area contributed by atoms with E-state index >= 15 is 0 Å². The zero-order chi connectivity index (χ0) is 11.9. The van der Waals surface area contributed by atoms with Crippen LogP contribution in [-0.2, 0) is 0 Å². The van der Waals surface area contributed by atoms with Gasteiger partial charge in [-0.3, -0.25) is 4.90 Å². The van der Waals surface area contributed by atoms with Crippen molar-refractivity contribution in [2.24, 2.45) is 5.73 Å². The largest absolute Gasteiger partial charge is 0.396 e.